The molecule has 0 fully saturated rings. The second kappa shape index (κ2) is 6.96. The summed E-state index contributed by atoms with van der Waals surface area (Å²) in [7, 11) is 0. The van der Waals surface area contributed by atoms with Crippen LogP contribution in [0.5, 0.6) is 11.5 Å². The first-order valence-corrected chi connectivity index (χ1v) is 8.12. The first-order chi connectivity index (χ1) is 13.2. The lowest BCUT2D eigenvalue weighted by molar-refractivity contribution is -0.382. The number of nitrogens with one attached hydrogen (secondary N) is 2. The number of aromatic nitrogens is 2. The molecule has 1 aromatic heterocycles. The van der Waals surface area contributed by atoms with E-state index in [1.54, 1.807) is 24.3 Å². The molecule has 0 atom stereocenters. The van der Waals surface area contributed by atoms with Gasteiger partial charge in [-0.2, -0.15) is 0 Å². The number of nitro groups is 1. The first kappa shape index (κ1) is 16.8. The standard InChI is InChI=1S/C16H15N5O6/c22-5-1-4-17-11-7-10(14-15(20-27-19-14)16(11)21(23)24)18-9-2-3-12-13(6-9)26-8-25-12/h2-3,6-7,17-18,22H,1,4-5,8H2. The number of rotatable bonds is 7. The maximum Gasteiger partial charge on any atom is 0.323 e. The average Bonchev–Trinajstić information content (AvgIpc) is 3.30. The van der Waals surface area contributed by atoms with Crippen molar-refractivity contribution in [1.29, 1.82) is 0 Å². The molecule has 1 aliphatic rings. The van der Waals surface area contributed by atoms with E-state index in [1.165, 1.54) is 0 Å². The Morgan fingerprint density at radius 2 is 1.96 bits per heavy atom. The number of hydrogen-bond acceptors (Lipinski definition) is 10. The van der Waals surface area contributed by atoms with Crippen LogP contribution in [0.15, 0.2) is 28.9 Å². The minimum absolute atomic E-state index is 0.0252. The maximum absolute atomic E-state index is 11.5. The van der Waals surface area contributed by atoms with E-state index in [0.717, 1.165) is 0 Å². The largest absolute Gasteiger partial charge is 0.454 e. The third-order valence-corrected chi connectivity index (χ3v) is 4.00. The molecule has 4 rings (SSSR count). The Kier molecular flexibility index (Phi) is 4.34. The van der Waals surface area contributed by atoms with Crippen LogP contribution in [-0.2, 0) is 0 Å². The summed E-state index contributed by atoms with van der Waals surface area (Å²) in [5.74, 6) is 1.24. The van der Waals surface area contributed by atoms with Crippen LogP contribution in [0.4, 0.5) is 22.7 Å². The van der Waals surface area contributed by atoms with Gasteiger partial charge in [0.05, 0.1) is 10.6 Å². The van der Waals surface area contributed by atoms with Crippen LogP contribution < -0.4 is 20.1 Å². The topological polar surface area (TPSA) is 145 Å². The van der Waals surface area contributed by atoms with Crippen molar-refractivity contribution in [2.75, 3.05) is 30.6 Å². The molecular formula is C16H15N5O6. The highest BCUT2D eigenvalue weighted by atomic mass is 16.7. The van der Waals surface area contributed by atoms with Gasteiger partial charge in [-0.1, -0.05) is 0 Å². The Bertz CT molecular complexity index is 1000. The number of anilines is 3. The molecule has 0 unspecified atom stereocenters. The van der Waals surface area contributed by atoms with Crippen LogP contribution >= 0.6 is 0 Å². The molecule has 0 aliphatic carbocycles. The third-order valence-electron chi connectivity index (χ3n) is 4.00. The molecule has 1 aliphatic heterocycles. The molecule has 2 heterocycles. The highest BCUT2D eigenvalue weighted by Gasteiger charge is 2.26. The zero-order valence-electron chi connectivity index (χ0n) is 14.0. The Balaban J connectivity index is 1.74. The number of hydrogen-bond donors (Lipinski definition) is 3. The van der Waals surface area contributed by atoms with E-state index in [0.29, 0.717) is 35.8 Å². The quantitative estimate of drug-likeness (QED) is 0.320. The summed E-state index contributed by atoms with van der Waals surface area (Å²) in [6.45, 7) is 0.487. The molecular weight excluding hydrogens is 358 g/mol. The van der Waals surface area contributed by atoms with Gasteiger partial charge in [0, 0.05) is 24.9 Å². The van der Waals surface area contributed by atoms with Gasteiger partial charge in [0.15, 0.2) is 17.0 Å². The highest BCUT2D eigenvalue weighted by molar-refractivity contribution is 6.00. The molecule has 140 valence electrons. The number of aliphatic hydroxyl groups is 1. The fraction of sp³-hybridized carbons (Fsp3) is 0.250. The van der Waals surface area contributed by atoms with Gasteiger partial charge < -0.3 is 25.2 Å². The van der Waals surface area contributed by atoms with Crippen molar-refractivity contribution in [1.82, 2.24) is 10.3 Å². The molecule has 0 amide bonds. The van der Waals surface area contributed by atoms with E-state index >= 15 is 0 Å². The van der Waals surface area contributed by atoms with Gasteiger partial charge >= 0.3 is 5.69 Å². The summed E-state index contributed by atoms with van der Waals surface area (Å²) < 4.78 is 15.4. The van der Waals surface area contributed by atoms with Crippen molar-refractivity contribution in [2.45, 2.75) is 6.42 Å². The van der Waals surface area contributed by atoms with Gasteiger partial charge in [-0.05, 0) is 34.9 Å². The van der Waals surface area contributed by atoms with Crippen molar-refractivity contribution in [2.24, 2.45) is 0 Å². The van der Waals surface area contributed by atoms with E-state index in [-0.39, 0.29) is 35.8 Å². The van der Waals surface area contributed by atoms with E-state index in [1.807, 2.05) is 0 Å². The van der Waals surface area contributed by atoms with Crippen LogP contribution in [0.3, 0.4) is 0 Å². The summed E-state index contributed by atoms with van der Waals surface area (Å²) in [4.78, 5) is 11.0. The predicted octanol–water partition coefficient (Wildman–Crippen LogP) is 2.40. The van der Waals surface area contributed by atoms with Crippen LogP contribution in [0.2, 0.25) is 0 Å². The minimum Gasteiger partial charge on any atom is -0.454 e. The van der Waals surface area contributed by atoms with E-state index in [2.05, 4.69) is 20.9 Å². The molecule has 27 heavy (non-hydrogen) atoms. The van der Waals surface area contributed by atoms with Crippen molar-refractivity contribution < 1.29 is 24.1 Å². The predicted molar refractivity (Wildman–Crippen MR) is 94.5 cm³/mol. The van der Waals surface area contributed by atoms with E-state index < -0.39 is 4.92 Å². The summed E-state index contributed by atoms with van der Waals surface area (Å²) in [5.41, 5.74) is 1.42. The normalized spacial score (nSPS) is 12.3. The lowest BCUT2D eigenvalue weighted by Gasteiger charge is -2.11. The zero-order chi connectivity index (χ0) is 18.8. The minimum atomic E-state index is -0.543. The van der Waals surface area contributed by atoms with E-state index in [9.17, 15) is 10.1 Å². The van der Waals surface area contributed by atoms with Crippen molar-refractivity contribution in [3.05, 3.63) is 34.4 Å². The lowest BCUT2D eigenvalue weighted by atomic mass is 10.1. The number of nitrogens with zero attached hydrogens (tertiary/aromatic N) is 3. The van der Waals surface area contributed by atoms with Gasteiger partial charge in [-0.15, -0.1) is 0 Å². The monoisotopic (exact) mass is 373 g/mol. The summed E-state index contributed by atoms with van der Waals surface area (Å²) in [5, 5.41) is 34.0. The Morgan fingerprint density at radius 3 is 2.78 bits per heavy atom. The SMILES string of the molecule is O=[N+]([O-])c1c(NCCCO)cc(Nc2ccc3c(c2)OCO3)c2nonc12. The summed E-state index contributed by atoms with van der Waals surface area (Å²) >= 11 is 0. The van der Waals surface area contributed by atoms with Crippen molar-refractivity contribution >= 4 is 33.8 Å². The fourth-order valence-corrected chi connectivity index (χ4v) is 2.78. The zero-order valence-corrected chi connectivity index (χ0v) is 14.0. The van der Waals surface area contributed by atoms with Crippen LogP contribution in [-0.4, -0.2) is 40.3 Å². The molecule has 0 saturated heterocycles. The van der Waals surface area contributed by atoms with E-state index in [4.69, 9.17) is 19.2 Å². The van der Waals surface area contributed by atoms with Gasteiger partial charge in [-0.3, -0.25) is 10.1 Å². The number of benzene rings is 2. The number of fused-ring (bicyclic) bond motifs is 2. The molecule has 2 aromatic carbocycles. The summed E-state index contributed by atoms with van der Waals surface area (Å²) in [6, 6.07) is 6.86. The van der Waals surface area contributed by atoms with Crippen LogP contribution in [0, 0.1) is 10.1 Å². The van der Waals surface area contributed by atoms with Gasteiger partial charge in [-0.25, -0.2) is 4.63 Å². The Labute approximate surface area is 152 Å². The molecule has 11 heteroatoms. The number of nitro benzene ring substituents is 1. The second-order valence-electron chi connectivity index (χ2n) is 5.74. The lowest BCUT2D eigenvalue weighted by Crippen LogP contribution is -2.07. The smallest absolute Gasteiger partial charge is 0.323 e. The molecule has 0 bridgehead atoms. The van der Waals surface area contributed by atoms with Gasteiger partial charge in [0.25, 0.3) is 0 Å². The van der Waals surface area contributed by atoms with Gasteiger partial charge in [0.2, 0.25) is 12.3 Å². The molecule has 11 nitrogen and oxygen atoms in total. The van der Waals surface area contributed by atoms with Gasteiger partial charge in [0.1, 0.15) is 5.69 Å². The van der Waals surface area contributed by atoms with Crippen molar-refractivity contribution in [3.8, 4) is 11.5 Å². The number of aliphatic hydroxyl groups excluding tert-OH is 1. The first-order valence-electron chi connectivity index (χ1n) is 8.12. The molecule has 0 spiro atoms. The highest BCUT2D eigenvalue weighted by Crippen LogP contribution is 2.39. The summed E-state index contributed by atoms with van der Waals surface area (Å²) in [6.07, 6.45) is 0.442. The molecule has 0 saturated carbocycles. The van der Waals surface area contributed by atoms with Crippen molar-refractivity contribution in [3.63, 3.8) is 0 Å². The Hall–Kier alpha value is -3.60. The molecule has 3 aromatic rings. The third kappa shape index (κ3) is 3.15. The average molecular weight is 373 g/mol. The fourth-order valence-electron chi connectivity index (χ4n) is 2.78. The van der Waals surface area contributed by atoms with Crippen LogP contribution in [0.1, 0.15) is 6.42 Å². The van der Waals surface area contributed by atoms with Crippen LogP contribution in [0.25, 0.3) is 11.0 Å². The molecule has 3 N–H and O–H groups in total. The molecule has 0 radical (unpaired) electrons. The maximum atomic E-state index is 11.5. The Morgan fingerprint density at radius 1 is 1.15 bits per heavy atom. The second-order valence-corrected chi connectivity index (χ2v) is 5.74. The number of ether oxygens (including phenoxy) is 2.